The fourth-order valence-electron chi connectivity index (χ4n) is 3.38. The van der Waals surface area contributed by atoms with Crippen molar-refractivity contribution in [3.05, 3.63) is 59.7 Å². The van der Waals surface area contributed by atoms with Gasteiger partial charge in [0.15, 0.2) is 0 Å². The average molecular weight is 476 g/mol. The summed E-state index contributed by atoms with van der Waals surface area (Å²) in [6.45, 7) is 5.73. The lowest BCUT2D eigenvalue weighted by Gasteiger charge is -2.32. The van der Waals surface area contributed by atoms with E-state index in [2.05, 4.69) is 5.32 Å². The Kier molecular flexibility index (Phi) is 9.28. The number of methoxy groups -OCH3 is 1. The number of amides is 2. The Morgan fingerprint density at radius 1 is 1.09 bits per heavy atom. The number of carbonyl (C=O) groups is 2. The van der Waals surface area contributed by atoms with E-state index in [-0.39, 0.29) is 18.1 Å². The molecule has 0 aliphatic carbocycles. The molecule has 1 N–H and O–H groups in total. The monoisotopic (exact) mass is 475 g/mol. The van der Waals surface area contributed by atoms with Gasteiger partial charge in [-0.05, 0) is 43.5 Å². The highest BCUT2D eigenvalue weighted by Gasteiger charge is 2.31. The SMILES string of the molecule is CCCNC(=O)C(C)N(Cc1ccccc1C)C(=O)CN(c1ccccc1OC)S(C)(=O)=O. The molecule has 0 saturated heterocycles. The topological polar surface area (TPSA) is 96.0 Å². The van der Waals surface area contributed by atoms with Gasteiger partial charge in [-0.25, -0.2) is 8.42 Å². The third kappa shape index (κ3) is 6.95. The van der Waals surface area contributed by atoms with Gasteiger partial charge in [-0.3, -0.25) is 13.9 Å². The Morgan fingerprint density at radius 3 is 2.33 bits per heavy atom. The van der Waals surface area contributed by atoms with Crippen molar-refractivity contribution < 1.29 is 22.7 Å². The second-order valence-electron chi connectivity index (χ2n) is 7.86. The summed E-state index contributed by atoms with van der Waals surface area (Å²) >= 11 is 0. The van der Waals surface area contributed by atoms with E-state index in [1.807, 2.05) is 38.1 Å². The van der Waals surface area contributed by atoms with Gasteiger partial charge in [0.05, 0.1) is 19.1 Å². The molecule has 0 radical (unpaired) electrons. The minimum Gasteiger partial charge on any atom is -0.495 e. The number of sulfonamides is 1. The van der Waals surface area contributed by atoms with Crippen LogP contribution in [0.5, 0.6) is 5.75 Å². The summed E-state index contributed by atoms with van der Waals surface area (Å²) in [4.78, 5) is 27.6. The molecule has 1 unspecified atom stereocenters. The minimum atomic E-state index is -3.82. The molecule has 2 rings (SSSR count). The fourth-order valence-corrected chi connectivity index (χ4v) is 4.23. The van der Waals surface area contributed by atoms with Crippen LogP contribution in [-0.4, -0.2) is 57.6 Å². The predicted octanol–water partition coefficient (Wildman–Crippen LogP) is 2.71. The van der Waals surface area contributed by atoms with E-state index >= 15 is 0 Å². The van der Waals surface area contributed by atoms with Crippen LogP contribution in [0, 0.1) is 6.92 Å². The van der Waals surface area contributed by atoms with Crippen LogP contribution in [0.15, 0.2) is 48.5 Å². The lowest BCUT2D eigenvalue weighted by atomic mass is 10.1. The number of rotatable bonds is 11. The molecule has 0 heterocycles. The van der Waals surface area contributed by atoms with E-state index in [0.717, 1.165) is 28.1 Å². The van der Waals surface area contributed by atoms with Gasteiger partial charge in [0, 0.05) is 13.1 Å². The van der Waals surface area contributed by atoms with Crippen LogP contribution >= 0.6 is 0 Å². The molecule has 0 bridgehead atoms. The van der Waals surface area contributed by atoms with Gasteiger partial charge in [-0.15, -0.1) is 0 Å². The van der Waals surface area contributed by atoms with E-state index in [9.17, 15) is 18.0 Å². The number of carbonyl (C=O) groups excluding carboxylic acids is 2. The Morgan fingerprint density at radius 2 is 1.73 bits per heavy atom. The second-order valence-corrected chi connectivity index (χ2v) is 9.76. The zero-order chi connectivity index (χ0) is 24.6. The standard InChI is InChI=1S/C24H33N3O5S/c1-6-15-25-24(29)19(3)26(16-20-12-8-7-11-18(20)2)23(28)17-27(33(5,30)31)21-13-9-10-14-22(21)32-4/h7-14,19H,6,15-17H2,1-5H3,(H,25,29). The van der Waals surface area contributed by atoms with Gasteiger partial charge in [-0.2, -0.15) is 0 Å². The molecule has 1 atom stereocenters. The highest BCUT2D eigenvalue weighted by molar-refractivity contribution is 7.92. The predicted molar refractivity (Wildman–Crippen MR) is 130 cm³/mol. The summed E-state index contributed by atoms with van der Waals surface area (Å²) in [7, 11) is -2.38. The highest BCUT2D eigenvalue weighted by atomic mass is 32.2. The Bertz CT molecular complexity index is 1070. The van der Waals surface area contributed by atoms with Crippen LogP contribution in [-0.2, 0) is 26.2 Å². The zero-order valence-electron chi connectivity index (χ0n) is 19.9. The molecule has 2 amide bonds. The molecule has 0 saturated carbocycles. The van der Waals surface area contributed by atoms with E-state index in [1.165, 1.54) is 12.0 Å². The van der Waals surface area contributed by atoms with Crippen molar-refractivity contribution in [3.63, 3.8) is 0 Å². The molecule has 2 aromatic rings. The molecule has 2 aromatic carbocycles. The number of benzene rings is 2. The van der Waals surface area contributed by atoms with Crippen LogP contribution in [0.1, 0.15) is 31.4 Å². The number of aryl methyl sites for hydroxylation is 1. The van der Waals surface area contributed by atoms with Gasteiger partial charge in [0.2, 0.25) is 21.8 Å². The molecule has 0 fully saturated rings. The number of hydrogen-bond donors (Lipinski definition) is 1. The highest BCUT2D eigenvalue weighted by Crippen LogP contribution is 2.29. The first-order valence-corrected chi connectivity index (χ1v) is 12.7. The number of nitrogens with one attached hydrogen (secondary N) is 1. The van der Waals surface area contributed by atoms with Gasteiger partial charge in [0.1, 0.15) is 18.3 Å². The first kappa shape index (κ1) is 26.2. The molecule has 180 valence electrons. The molecule has 33 heavy (non-hydrogen) atoms. The summed E-state index contributed by atoms with van der Waals surface area (Å²) < 4.78 is 31.6. The normalized spacial score (nSPS) is 12.0. The van der Waals surface area contributed by atoms with Crippen LogP contribution in [0.2, 0.25) is 0 Å². The molecular formula is C24H33N3O5S. The molecule has 0 aliphatic rings. The number of ether oxygens (including phenoxy) is 1. The van der Waals surface area contributed by atoms with E-state index in [0.29, 0.717) is 12.3 Å². The van der Waals surface area contributed by atoms with Crippen molar-refractivity contribution in [1.29, 1.82) is 0 Å². The lowest BCUT2D eigenvalue weighted by molar-refractivity contribution is -0.139. The summed E-state index contributed by atoms with van der Waals surface area (Å²) in [5, 5.41) is 2.82. The number of anilines is 1. The molecule has 8 nitrogen and oxygen atoms in total. The van der Waals surface area contributed by atoms with Crippen LogP contribution in [0.3, 0.4) is 0 Å². The van der Waals surface area contributed by atoms with Crippen molar-refractivity contribution in [2.45, 2.75) is 39.8 Å². The Balaban J connectivity index is 2.42. The Labute approximate surface area is 196 Å². The zero-order valence-corrected chi connectivity index (χ0v) is 20.7. The summed E-state index contributed by atoms with van der Waals surface area (Å²) in [5.41, 5.74) is 2.11. The van der Waals surface area contributed by atoms with Crippen molar-refractivity contribution in [1.82, 2.24) is 10.2 Å². The van der Waals surface area contributed by atoms with Crippen molar-refractivity contribution in [2.75, 3.05) is 30.8 Å². The summed E-state index contributed by atoms with van der Waals surface area (Å²) in [5.74, 6) is -0.453. The maximum atomic E-state index is 13.5. The third-order valence-corrected chi connectivity index (χ3v) is 6.48. The van der Waals surface area contributed by atoms with Crippen molar-refractivity contribution in [2.24, 2.45) is 0 Å². The third-order valence-electron chi connectivity index (χ3n) is 5.35. The first-order chi connectivity index (χ1) is 15.6. The number of para-hydroxylation sites is 2. The molecule has 9 heteroatoms. The number of nitrogens with zero attached hydrogens (tertiary/aromatic N) is 2. The molecule has 0 aliphatic heterocycles. The van der Waals surface area contributed by atoms with Crippen LogP contribution in [0.25, 0.3) is 0 Å². The van der Waals surface area contributed by atoms with Crippen LogP contribution in [0.4, 0.5) is 5.69 Å². The smallest absolute Gasteiger partial charge is 0.244 e. The summed E-state index contributed by atoms with van der Waals surface area (Å²) in [6, 6.07) is 13.4. The van der Waals surface area contributed by atoms with Gasteiger partial charge < -0.3 is 15.0 Å². The van der Waals surface area contributed by atoms with Gasteiger partial charge in [0.25, 0.3) is 0 Å². The Hall–Kier alpha value is -3.07. The van der Waals surface area contributed by atoms with Gasteiger partial charge in [-0.1, -0.05) is 43.3 Å². The first-order valence-electron chi connectivity index (χ1n) is 10.8. The maximum absolute atomic E-state index is 13.5. The second kappa shape index (κ2) is 11.7. The van der Waals surface area contributed by atoms with Crippen molar-refractivity contribution >= 4 is 27.5 Å². The average Bonchev–Trinajstić information content (AvgIpc) is 2.79. The molecular weight excluding hydrogens is 442 g/mol. The minimum absolute atomic E-state index is 0.176. The largest absolute Gasteiger partial charge is 0.495 e. The van der Waals surface area contributed by atoms with E-state index < -0.39 is 28.5 Å². The molecule has 0 spiro atoms. The van der Waals surface area contributed by atoms with E-state index in [1.54, 1.807) is 31.2 Å². The van der Waals surface area contributed by atoms with E-state index in [4.69, 9.17) is 4.74 Å². The maximum Gasteiger partial charge on any atom is 0.244 e. The number of hydrogen-bond acceptors (Lipinski definition) is 5. The van der Waals surface area contributed by atoms with Gasteiger partial charge >= 0.3 is 0 Å². The van der Waals surface area contributed by atoms with Crippen molar-refractivity contribution in [3.8, 4) is 5.75 Å². The summed E-state index contributed by atoms with van der Waals surface area (Å²) in [6.07, 6.45) is 1.80. The quantitative estimate of drug-likeness (QED) is 0.539. The lowest BCUT2D eigenvalue weighted by Crippen LogP contribution is -2.51. The fraction of sp³-hybridized carbons (Fsp3) is 0.417. The van der Waals surface area contributed by atoms with Crippen LogP contribution < -0.4 is 14.4 Å². The molecule has 0 aromatic heterocycles.